The Morgan fingerprint density at radius 2 is 2.25 bits per heavy atom. The number of hydrogen-bond donors (Lipinski definition) is 1. The van der Waals surface area contributed by atoms with Gasteiger partial charge in [0.1, 0.15) is 5.69 Å². The highest BCUT2D eigenvalue weighted by atomic mass is 16.1. The Hall–Kier alpha value is -1.45. The molecule has 0 aromatic carbocycles. The fourth-order valence-electron chi connectivity index (χ4n) is 0.867. The fraction of sp³-hybridized carbons (Fsp3) is 0.375. The third-order valence-corrected chi connectivity index (χ3v) is 1.46. The van der Waals surface area contributed by atoms with E-state index in [1.807, 2.05) is 0 Å². The number of nitrogens with two attached hydrogens (primary N) is 1. The Bertz CT molecular complexity index is 268. The predicted molar refractivity (Wildman–Crippen MR) is 44.5 cm³/mol. The number of aryl methyl sites for hydroxylation is 1. The number of rotatable bonds is 3. The van der Waals surface area contributed by atoms with Crippen molar-refractivity contribution in [1.29, 1.82) is 0 Å². The normalized spacial score (nSPS) is 9.75. The summed E-state index contributed by atoms with van der Waals surface area (Å²) in [6.07, 6.45) is 4.90. The summed E-state index contributed by atoms with van der Waals surface area (Å²) in [5, 5.41) is 0. The second kappa shape index (κ2) is 3.80. The van der Waals surface area contributed by atoms with Crippen molar-refractivity contribution in [2.45, 2.75) is 19.8 Å². The lowest BCUT2D eigenvalue weighted by Gasteiger charge is -1.97. The summed E-state index contributed by atoms with van der Waals surface area (Å²) in [5.74, 6) is -0.537. The van der Waals surface area contributed by atoms with E-state index in [0.717, 1.165) is 18.5 Å². The molecule has 0 saturated carbocycles. The van der Waals surface area contributed by atoms with Crippen LogP contribution in [0, 0.1) is 0 Å². The second-order valence-corrected chi connectivity index (χ2v) is 2.51. The van der Waals surface area contributed by atoms with Gasteiger partial charge >= 0.3 is 0 Å². The first-order valence-corrected chi connectivity index (χ1v) is 3.84. The molecule has 0 unspecified atom stereocenters. The van der Waals surface area contributed by atoms with Crippen molar-refractivity contribution < 1.29 is 4.79 Å². The van der Waals surface area contributed by atoms with E-state index >= 15 is 0 Å². The SMILES string of the molecule is CCCc1cnc(C(N)=O)cn1. The minimum Gasteiger partial charge on any atom is -0.364 e. The first-order chi connectivity index (χ1) is 5.74. The highest BCUT2D eigenvalue weighted by Gasteiger charge is 2.01. The summed E-state index contributed by atoms with van der Waals surface area (Å²) < 4.78 is 0. The van der Waals surface area contributed by atoms with Crippen LogP contribution < -0.4 is 5.73 Å². The number of primary amides is 1. The number of nitrogens with zero attached hydrogens (tertiary/aromatic N) is 2. The van der Waals surface area contributed by atoms with Crippen molar-refractivity contribution in [3.8, 4) is 0 Å². The molecule has 0 atom stereocenters. The Kier molecular flexibility index (Phi) is 2.74. The quantitative estimate of drug-likeness (QED) is 0.710. The number of carbonyl (C=O) groups excluding carboxylic acids is 1. The maximum atomic E-state index is 10.6. The molecule has 0 saturated heterocycles. The highest BCUT2D eigenvalue weighted by molar-refractivity contribution is 5.90. The topological polar surface area (TPSA) is 68.9 Å². The molecule has 2 N–H and O–H groups in total. The van der Waals surface area contributed by atoms with E-state index in [1.54, 1.807) is 6.20 Å². The average molecular weight is 165 g/mol. The largest absolute Gasteiger partial charge is 0.364 e. The van der Waals surface area contributed by atoms with Crippen molar-refractivity contribution in [2.75, 3.05) is 0 Å². The van der Waals surface area contributed by atoms with Crippen LogP contribution in [0.1, 0.15) is 29.5 Å². The van der Waals surface area contributed by atoms with Crippen molar-refractivity contribution in [3.63, 3.8) is 0 Å². The zero-order chi connectivity index (χ0) is 8.97. The Morgan fingerprint density at radius 3 is 2.67 bits per heavy atom. The van der Waals surface area contributed by atoms with Crippen LogP contribution in [0.4, 0.5) is 0 Å². The summed E-state index contributed by atoms with van der Waals surface area (Å²) in [6, 6.07) is 0. The molecule has 1 amide bonds. The third kappa shape index (κ3) is 2.02. The number of hydrogen-bond acceptors (Lipinski definition) is 3. The van der Waals surface area contributed by atoms with Gasteiger partial charge in [-0.1, -0.05) is 13.3 Å². The fourth-order valence-corrected chi connectivity index (χ4v) is 0.867. The number of amides is 1. The summed E-state index contributed by atoms with van der Waals surface area (Å²) in [6.45, 7) is 2.06. The maximum Gasteiger partial charge on any atom is 0.268 e. The smallest absolute Gasteiger partial charge is 0.268 e. The molecule has 0 aliphatic carbocycles. The molecule has 0 radical (unpaired) electrons. The first-order valence-electron chi connectivity index (χ1n) is 3.84. The third-order valence-electron chi connectivity index (χ3n) is 1.46. The molecule has 1 aromatic rings. The molecule has 1 aromatic heterocycles. The van der Waals surface area contributed by atoms with E-state index in [1.165, 1.54) is 6.20 Å². The first kappa shape index (κ1) is 8.64. The van der Waals surface area contributed by atoms with Gasteiger partial charge < -0.3 is 5.73 Å². The Morgan fingerprint density at radius 1 is 1.50 bits per heavy atom. The monoisotopic (exact) mass is 165 g/mol. The predicted octanol–water partition coefficient (Wildman–Crippen LogP) is 0.528. The van der Waals surface area contributed by atoms with E-state index in [-0.39, 0.29) is 5.69 Å². The van der Waals surface area contributed by atoms with Crippen molar-refractivity contribution in [3.05, 3.63) is 23.8 Å². The molecular formula is C8H11N3O. The molecule has 0 spiro atoms. The summed E-state index contributed by atoms with van der Waals surface area (Å²) >= 11 is 0. The van der Waals surface area contributed by atoms with Crippen LogP contribution in [0.3, 0.4) is 0 Å². The highest BCUT2D eigenvalue weighted by Crippen LogP contribution is 1.97. The maximum absolute atomic E-state index is 10.6. The van der Waals surface area contributed by atoms with Gasteiger partial charge in [-0.25, -0.2) is 4.98 Å². The van der Waals surface area contributed by atoms with Gasteiger partial charge in [-0.3, -0.25) is 9.78 Å². The lowest BCUT2D eigenvalue weighted by Crippen LogP contribution is -2.13. The molecule has 4 heteroatoms. The van der Waals surface area contributed by atoms with Crippen molar-refractivity contribution in [2.24, 2.45) is 5.73 Å². The summed E-state index contributed by atoms with van der Waals surface area (Å²) in [5.41, 5.74) is 6.11. The minimum absolute atomic E-state index is 0.217. The Balaban J connectivity index is 2.78. The standard InChI is InChI=1S/C8H11N3O/c1-2-3-6-4-11-7(5-10-6)8(9)12/h4-5H,2-3H2,1H3,(H2,9,12). The van der Waals surface area contributed by atoms with E-state index in [4.69, 9.17) is 5.73 Å². The zero-order valence-corrected chi connectivity index (χ0v) is 6.95. The van der Waals surface area contributed by atoms with Gasteiger partial charge in [0, 0.05) is 6.20 Å². The average Bonchev–Trinajstić information content (AvgIpc) is 2.06. The lowest BCUT2D eigenvalue weighted by molar-refractivity contribution is 0.0995. The molecule has 0 bridgehead atoms. The number of aromatic nitrogens is 2. The van der Waals surface area contributed by atoms with E-state index in [0.29, 0.717) is 0 Å². The van der Waals surface area contributed by atoms with Crippen LogP contribution >= 0.6 is 0 Å². The van der Waals surface area contributed by atoms with Gasteiger partial charge in [-0.15, -0.1) is 0 Å². The van der Waals surface area contributed by atoms with Gasteiger partial charge in [-0.05, 0) is 6.42 Å². The molecule has 0 fully saturated rings. The number of carbonyl (C=O) groups is 1. The Labute approximate surface area is 70.8 Å². The van der Waals surface area contributed by atoms with Crippen LogP contribution in [0.2, 0.25) is 0 Å². The molecule has 0 aliphatic rings. The summed E-state index contributed by atoms with van der Waals surface area (Å²) in [4.78, 5) is 18.5. The van der Waals surface area contributed by atoms with Crippen LogP contribution in [-0.4, -0.2) is 15.9 Å². The molecule has 0 aliphatic heterocycles. The second-order valence-electron chi connectivity index (χ2n) is 2.51. The molecular weight excluding hydrogens is 154 g/mol. The zero-order valence-electron chi connectivity index (χ0n) is 6.95. The molecule has 64 valence electrons. The van der Waals surface area contributed by atoms with Gasteiger partial charge in [0.15, 0.2) is 0 Å². The van der Waals surface area contributed by atoms with Gasteiger partial charge in [0.05, 0.1) is 11.9 Å². The minimum atomic E-state index is -0.537. The van der Waals surface area contributed by atoms with Crippen LogP contribution in [0.15, 0.2) is 12.4 Å². The van der Waals surface area contributed by atoms with E-state index in [2.05, 4.69) is 16.9 Å². The summed E-state index contributed by atoms with van der Waals surface area (Å²) in [7, 11) is 0. The van der Waals surface area contributed by atoms with E-state index < -0.39 is 5.91 Å². The molecule has 1 rings (SSSR count). The van der Waals surface area contributed by atoms with Crippen molar-refractivity contribution >= 4 is 5.91 Å². The van der Waals surface area contributed by atoms with Gasteiger partial charge in [0.25, 0.3) is 5.91 Å². The van der Waals surface area contributed by atoms with Gasteiger partial charge in [0.2, 0.25) is 0 Å². The van der Waals surface area contributed by atoms with Crippen molar-refractivity contribution in [1.82, 2.24) is 9.97 Å². The van der Waals surface area contributed by atoms with Crippen LogP contribution in [0.5, 0.6) is 0 Å². The van der Waals surface area contributed by atoms with E-state index in [9.17, 15) is 4.79 Å². The molecule has 4 nitrogen and oxygen atoms in total. The molecule has 1 heterocycles. The van der Waals surface area contributed by atoms with Gasteiger partial charge in [-0.2, -0.15) is 0 Å². The molecule has 12 heavy (non-hydrogen) atoms. The lowest BCUT2D eigenvalue weighted by atomic mass is 10.2. The van der Waals surface area contributed by atoms with Crippen LogP contribution in [-0.2, 0) is 6.42 Å². The van der Waals surface area contributed by atoms with Crippen LogP contribution in [0.25, 0.3) is 0 Å².